The molecule has 7 heteroatoms. The summed E-state index contributed by atoms with van der Waals surface area (Å²) in [6, 6.07) is 12.1. The van der Waals surface area contributed by atoms with Gasteiger partial charge in [-0.15, -0.1) is 0 Å². The van der Waals surface area contributed by atoms with Gasteiger partial charge in [-0.25, -0.2) is 4.98 Å². The average molecular weight is 510 g/mol. The molecule has 192 valence electrons. The lowest BCUT2D eigenvalue weighted by Gasteiger charge is -2.31. The predicted molar refractivity (Wildman–Crippen MR) is 145 cm³/mol. The fourth-order valence-corrected chi connectivity index (χ4v) is 5.38. The molecule has 0 spiro atoms. The van der Waals surface area contributed by atoms with E-state index < -0.39 is 0 Å². The van der Waals surface area contributed by atoms with Crippen molar-refractivity contribution in [2.75, 3.05) is 13.7 Å². The molecule has 1 fully saturated rings. The lowest BCUT2D eigenvalue weighted by atomic mass is 10.0. The summed E-state index contributed by atoms with van der Waals surface area (Å²) >= 11 is 6.25. The van der Waals surface area contributed by atoms with Gasteiger partial charge in [0, 0.05) is 18.0 Å². The van der Waals surface area contributed by atoms with Crippen LogP contribution in [0.5, 0.6) is 5.75 Å². The number of carbonyl (C=O) groups excluding carboxylic acids is 1. The first kappa shape index (κ1) is 26.2. The van der Waals surface area contributed by atoms with Gasteiger partial charge in [-0.2, -0.15) is 0 Å². The molecule has 1 unspecified atom stereocenters. The fraction of sp³-hybridized carbons (Fsp3) is 0.483. The van der Waals surface area contributed by atoms with Crippen molar-refractivity contribution in [3.05, 3.63) is 63.7 Å². The molecule has 0 radical (unpaired) electrons. The van der Waals surface area contributed by atoms with Crippen molar-refractivity contribution in [2.24, 2.45) is 5.92 Å². The minimum atomic E-state index is -0.384. The number of methoxy groups -OCH3 is 1. The van der Waals surface area contributed by atoms with E-state index in [2.05, 4.69) is 6.92 Å². The Balaban J connectivity index is 1.77. The fourth-order valence-electron chi connectivity index (χ4n) is 5.21. The van der Waals surface area contributed by atoms with E-state index in [0.717, 1.165) is 19.3 Å². The number of hydrogen-bond donors (Lipinski definition) is 0. The summed E-state index contributed by atoms with van der Waals surface area (Å²) in [7, 11) is 1.61. The van der Waals surface area contributed by atoms with Gasteiger partial charge in [0.1, 0.15) is 11.6 Å². The number of fused-ring (bicyclic) bond motifs is 1. The minimum Gasteiger partial charge on any atom is -0.497 e. The minimum absolute atomic E-state index is 0.129. The second kappa shape index (κ2) is 11.9. The van der Waals surface area contributed by atoms with Gasteiger partial charge in [0.15, 0.2) is 0 Å². The van der Waals surface area contributed by atoms with Crippen molar-refractivity contribution in [2.45, 2.75) is 71.3 Å². The molecule has 1 aliphatic carbocycles. The number of rotatable bonds is 10. The Labute approximate surface area is 218 Å². The molecular weight excluding hydrogens is 474 g/mol. The van der Waals surface area contributed by atoms with Crippen LogP contribution in [0.15, 0.2) is 47.3 Å². The molecule has 2 aromatic carbocycles. The largest absolute Gasteiger partial charge is 0.497 e. The highest BCUT2D eigenvalue weighted by atomic mass is 35.5. The van der Waals surface area contributed by atoms with Gasteiger partial charge in [0.25, 0.3) is 5.56 Å². The molecule has 0 N–H and O–H groups in total. The maximum Gasteiger partial charge on any atom is 0.266 e. The number of hydrogen-bond acceptors (Lipinski definition) is 4. The van der Waals surface area contributed by atoms with E-state index in [0.29, 0.717) is 52.1 Å². The summed E-state index contributed by atoms with van der Waals surface area (Å²) in [6.07, 6.45) is 8.32. The van der Waals surface area contributed by atoms with Crippen LogP contribution in [0, 0.1) is 5.92 Å². The lowest BCUT2D eigenvalue weighted by Crippen LogP contribution is -2.38. The third kappa shape index (κ3) is 5.75. The predicted octanol–water partition coefficient (Wildman–Crippen LogP) is 6.71. The number of amides is 1. The quantitative estimate of drug-likeness (QED) is 0.304. The first-order chi connectivity index (χ1) is 17.4. The number of ether oxygens (including phenoxy) is 1. The molecule has 1 saturated carbocycles. The van der Waals surface area contributed by atoms with Crippen molar-refractivity contribution in [1.82, 2.24) is 14.5 Å². The molecule has 1 atom stereocenters. The SMILES string of the molecule is CCCCN(C(=O)CCC1CCCC1)C(C)c1nc2cc(Cl)ccc2c(=O)n1-c1ccc(OC)cc1. The van der Waals surface area contributed by atoms with Gasteiger partial charge < -0.3 is 9.64 Å². The normalized spacial score (nSPS) is 14.8. The smallest absolute Gasteiger partial charge is 0.266 e. The van der Waals surface area contributed by atoms with Gasteiger partial charge in [0.2, 0.25) is 5.91 Å². The molecule has 1 heterocycles. The standard InChI is InChI=1S/C29H36ClN3O3/c1-4-5-18-32(27(34)17-10-21-8-6-7-9-21)20(2)28-31-26-19-22(30)11-16-25(26)29(35)33(28)23-12-14-24(36-3)15-13-23/h11-16,19-21H,4-10,17-18H2,1-3H3. The van der Waals surface area contributed by atoms with Crippen LogP contribution < -0.4 is 10.3 Å². The first-order valence-electron chi connectivity index (χ1n) is 13.1. The van der Waals surface area contributed by atoms with Crippen molar-refractivity contribution in [1.29, 1.82) is 0 Å². The van der Waals surface area contributed by atoms with E-state index in [9.17, 15) is 9.59 Å². The molecule has 1 aliphatic rings. The van der Waals surface area contributed by atoms with Crippen LogP contribution in [0.2, 0.25) is 5.02 Å². The summed E-state index contributed by atoms with van der Waals surface area (Å²) < 4.78 is 6.94. The number of aromatic nitrogens is 2. The molecule has 0 saturated heterocycles. The zero-order valence-corrected chi connectivity index (χ0v) is 22.3. The Morgan fingerprint density at radius 3 is 2.58 bits per heavy atom. The van der Waals surface area contributed by atoms with Crippen molar-refractivity contribution < 1.29 is 9.53 Å². The second-order valence-electron chi connectivity index (χ2n) is 9.78. The van der Waals surface area contributed by atoms with E-state index in [1.165, 1.54) is 25.7 Å². The lowest BCUT2D eigenvalue weighted by molar-refractivity contribution is -0.134. The number of nitrogens with zero attached hydrogens (tertiary/aromatic N) is 3. The van der Waals surface area contributed by atoms with Crippen LogP contribution in [0.25, 0.3) is 16.6 Å². The molecule has 6 nitrogen and oxygen atoms in total. The highest BCUT2D eigenvalue weighted by Crippen LogP contribution is 2.30. The monoisotopic (exact) mass is 509 g/mol. The van der Waals surface area contributed by atoms with E-state index in [-0.39, 0.29) is 17.5 Å². The van der Waals surface area contributed by atoms with Crippen LogP contribution >= 0.6 is 11.6 Å². The average Bonchev–Trinajstić information content (AvgIpc) is 3.41. The van der Waals surface area contributed by atoms with Crippen molar-refractivity contribution >= 4 is 28.4 Å². The van der Waals surface area contributed by atoms with Crippen LogP contribution in [0.4, 0.5) is 0 Å². The van der Waals surface area contributed by atoms with Crippen molar-refractivity contribution in [3.63, 3.8) is 0 Å². The highest BCUT2D eigenvalue weighted by Gasteiger charge is 2.27. The zero-order chi connectivity index (χ0) is 25.7. The molecule has 0 aliphatic heterocycles. The second-order valence-corrected chi connectivity index (χ2v) is 10.2. The highest BCUT2D eigenvalue weighted by molar-refractivity contribution is 6.31. The zero-order valence-electron chi connectivity index (χ0n) is 21.5. The maximum atomic E-state index is 13.8. The Hall–Kier alpha value is -2.86. The van der Waals surface area contributed by atoms with Crippen molar-refractivity contribution in [3.8, 4) is 11.4 Å². The summed E-state index contributed by atoms with van der Waals surface area (Å²) in [5, 5.41) is 1.00. The number of unbranched alkanes of at least 4 members (excludes halogenated alkanes) is 1. The van der Waals surface area contributed by atoms with E-state index in [4.69, 9.17) is 21.3 Å². The summed E-state index contributed by atoms with van der Waals surface area (Å²) in [5.41, 5.74) is 1.03. The molecule has 4 rings (SSSR count). The van der Waals surface area contributed by atoms with Gasteiger partial charge >= 0.3 is 0 Å². The summed E-state index contributed by atoms with van der Waals surface area (Å²) in [6.45, 7) is 4.73. The van der Waals surface area contributed by atoms with E-state index >= 15 is 0 Å². The van der Waals surface area contributed by atoms with Crippen LogP contribution in [-0.4, -0.2) is 34.0 Å². The van der Waals surface area contributed by atoms with Crippen LogP contribution in [-0.2, 0) is 4.79 Å². The molecular formula is C29H36ClN3O3. The molecule has 1 amide bonds. The summed E-state index contributed by atoms with van der Waals surface area (Å²) in [4.78, 5) is 34.1. The van der Waals surface area contributed by atoms with Gasteiger partial charge in [-0.1, -0.05) is 50.6 Å². The Morgan fingerprint density at radius 1 is 1.19 bits per heavy atom. The number of halogens is 1. The Kier molecular flexibility index (Phi) is 8.68. The molecule has 3 aromatic rings. The maximum absolute atomic E-state index is 13.8. The number of benzene rings is 2. The first-order valence-corrected chi connectivity index (χ1v) is 13.5. The Morgan fingerprint density at radius 2 is 1.92 bits per heavy atom. The molecule has 1 aromatic heterocycles. The summed E-state index contributed by atoms with van der Waals surface area (Å²) in [5.74, 6) is 2.01. The van der Waals surface area contributed by atoms with E-state index in [1.54, 1.807) is 29.9 Å². The van der Waals surface area contributed by atoms with E-state index in [1.807, 2.05) is 36.1 Å². The molecule has 36 heavy (non-hydrogen) atoms. The van der Waals surface area contributed by atoms with Gasteiger partial charge in [0.05, 0.1) is 29.7 Å². The van der Waals surface area contributed by atoms with Gasteiger partial charge in [-0.3, -0.25) is 14.2 Å². The molecule has 0 bridgehead atoms. The number of carbonyl (C=O) groups is 1. The third-order valence-electron chi connectivity index (χ3n) is 7.34. The van der Waals surface area contributed by atoms with Gasteiger partial charge in [-0.05, 0) is 68.1 Å². The topological polar surface area (TPSA) is 64.4 Å². The van der Waals surface area contributed by atoms with Crippen LogP contribution in [0.3, 0.4) is 0 Å². The third-order valence-corrected chi connectivity index (χ3v) is 7.58. The Bertz CT molecular complexity index is 1250. The van der Waals surface area contributed by atoms with Crippen LogP contribution in [0.1, 0.15) is 77.1 Å².